The van der Waals surface area contributed by atoms with Gasteiger partial charge in [-0.2, -0.15) is 0 Å². The summed E-state index contributed by atoms with van der Waals surface area (Å²) in [5, 5.41) is 8.18. The van der Waals surface area contributed by atoms with Crippen molar-refractivity contribution in [2.24, 2.45) is 0 Å². The van der Waals surface area contributed by atoms with Crippen LogP contribution in [0.4, 0.5) is 0 Å². The second-order valence-corrected chi connectivity index (χ2v) is 3.98. The van der Waals surface area contributed by atoms with E-state index in [1.54, 1.807) is 0 Å². The summed E-state index contributed by atoms with van der Waals surface area (Å²) in [6.45, 7) is 0.241. The van der Waals surface area contributed by atoms with Crippen LogP contribution in [0, 0.1) is 0 Å². The van der Waals surface area contributed by atoms with Gasteiger partial charge in [-0.3, -0.25) is 0 Å². The zero-order valence-electron chi connectivity index (χ0n) is 3.19. The van der Waals surface area contributed by atoms with Gasteiger partial charge in [0.2, 0.25) is 0 Å². The van der Waals surface area contributed by atoms with Crippen molar-refractivity contribution in [1.29, 1.82) is 0 Å². The molecule has 0 aliphatic heterocycles. The summed E-state index contributed by atoms with van der Waals surface area (Å²) in [5.74, 6) is 0. The predicted molar refractivity (Wildman–Crippen MR) is 24.5 cm³/mol. The molecule has 1 unspecified atom stereocenters. The number of aliphatic hydroxyl groups is 1. The third-order valence-corrected chi connectivity index (χ3v) is 1.23. The van der Waals surface area contributed by atoms with E-state index in [-0.39, 0.29) is 10.1 Å². The first-order valence-corrected chi connectivity index (χ1v) is 3.42. The fourth-order valence-electron chi connectivity index (χ4n) is 0.0967. The standard InChI is InChI=1S/C3H7OS.Au/c4-2-1-3-5;/h3-5H,1-2H2;. The minimum absolute atomic E-state index is 0.241. The molecule has 0 fully saturated rings. The molecule has 1 nitrogen and oxygen atoms in total. The Kier molecular flexibility index (Phi) is 4.95. The van der Waals surface area contributed by atoms with Crippen molar-refractivity contribution in [3.8, 4) is 0 Å². The summed E-state index contributed by atoms with van der Waals surface area (Å²) in [5.41, 5.74) is 0. The van der Waals surface area contributed by atoms with Gasteiger partial charge in [0.25, 0.3) is 0 Å². The summed E-state index contributed by atoms with van der Waals surface area (Å²) in [7, 11) is 0. The molecule has 0 aromatic heterocycles. The van der Waals surface area contributed by atoms with Crippen molar-refractivity contribution >= 4 is 12.6 Å². The van der Waals surface area contributed by atoms with E-state index in [4.69, 9.17) is 5.11 Å². The molecule has 0 aliphatic rings. The van der Waals surface area contributed by atoms with Crippen LogP contribution in [-0.2, 0) is 21.1 Å². The first-order chi connectivity index (χ1) is 2.77. The number of thiol groups is 1. The molecule has 0 saturated carbocycles. The van der Waals surface area contributed by atoms with E-state index in [1.165, 1.54) is 0 Å². The zero-order chi connectivity index (χ0) is 4.99. The maximum absolute atomic E-state index is 8.18. The van der Waals surface area contributed by atoms with E-state index in [2.05, 4.69) is 33.7 Å². The quantitative estimate of drug-likeness (QED) is 0.548. The van der Waals surface area contributed by atoms with E-state index >= 15 is 0 Å². The second-order valence-electron chi connectivity index (χ2n) is 0.896. The van der Waals surface area contributed by atoms with Crippen LogP contribution in [0.1, 0.15) is 6.42 Å². The normalized spacial score (nSPS) is 14.7. The third kappa shape index (κ3) is 5.05. The Morgan fingerprint density at radius 3 is 2.33 bits per heavy atom. The molecule has 0 aliphatic carbocycles. The second kappa shape index (κ2) is 4.22. The molecule has 0 aromatic rings. The van der Waals surface area contributed by atoms with Gasteiger partial charge in [0.05, 0.1) is 0 Å². The van der Waals surface area contributed by atoms with Crippen LogP contribution in [0.3, 0.4) is 0 Å². The molecule has 0 rings (SSSR count). The first-order valence-electron chi connectivity index (χ1n) is 1.66. The Morgan fingerprint density at radius 1 is 1.83 bits per heavy atom. The van der Waals surface area contributed by atoms with E-state index in [1.807, 2.05) is 0 Å². The van der Waals surface area contributed by atoms with Gasteiger partial charge in [0.15, 0.2) is 0 Å². The van der Waals surface area contributed by atoms with Gasteiger partial charge in [-0.25, -0.2) is 0 Å². The van der Waals surface area contributed by atoms with Crippen LogP contribution in [-0.4, -0.2) is 15.2 Å². The SMILES string of the molecule is OCC[CH](S)[Au]. The van der Waals surface area contributed by atoms with Crippen molar-refractivity contribution < 1.29 is 26.2 Å². The Morgan fingerprint density at radius 2 is 2.33 bits per heavy atom. The van der Waals surface area contributed by atoms with E-state index in [0.29, 0.717) is 0 Å². The zero-order valence-corrected chi connectivity index (χ0v) is 6.25. The van der Waals surface area contributed by atoms with Gasteiger partial charge in [-0.1, -0.05) is 0 Å². The molecule has 0 aromatic carbocycles. The molecular formula is C3H7AuOS. The van der Waals surface area contributed by atoms with Gasteiger partial charge >= 0.3 is 55.3 Å². The molecule has 0 radical (unpaired) electrons. The molecule has 0 saturated heterocycles. The Balaban J connectivity index is 2.63. The average molecular weight is 288 g/mol. The van der Waals surface area contributed by atoms with E-state index in [0.717, 1.165) is 6.42 Å². The summed E-state index contributed by atoms with van der Waals surface area (Å²) in [6, 6.07) is 0. The van der Waals surface area contributed by atoms with Crippen molar-refractivity contribution in [3.63, 3.8) is 0 Å². The summed E-state index contributed by atoms with van der Waals surface area (Å²) < 4.78 is 0.287. The molecule has 0 spiro atoms. The topological polar surface area (TPSA) is 20.2 Å². The van der Waals surface area contributed by atoms with Crippen molar-refractivity contribution in [2.45, 2.75) is 9.89 Å². The molecule has 0 bridgehead atoms. The van der Waals surface area contributed by atoms with E-state index in [9.17, 15) is 0 Å². The van der Waals surface area contributed by atoms with Crippen molar-refractivity contribution in [1.82, 2.24) is 0 Å². The summed E-state index contributed by atoms with van der Waals surface area (Å²) in [6.07, 6.45) is 0.770. The van der Waals surface area contributed by atoms with Gasteiger partial charge in [0, 0.05) is 0 Å². The summed E-state index contributed by atoms with van der Waals surface area (Å²) in [4.78, 5) is 0. The van der Waals surface area contributed by atoms with Crippen LogP contribution in [0.2, 0.25) is 0 Å². The molecule has 6 heavy (non-hydrogen) atoms. The maximum atomic E-state index is 8.18. The van der Waals surface area contributed by atoms with Crippen molar-refractivity contribution in [2.75, 3.05) is 6.61 Å². The first kappa shape index (κ1) is 7.05. The number of aliphatic hydroxyl groups excluding tert-OH is 1. The van der Waals surface area contributed by atoms with Crippen molar-refractivity contribution in [3.05, 3.63) is 0 Å². The van der Waals surface area contributed by atoms with Crippen LogP contribution in [0.25, 0.3) is 0 Å². The summed E-state index contributed by atoms with van der Waals surface area (Å²) >= 11 is 6.30. The monoisotopic (exact) mass is 288 g/mol. The van der Waals surface area contributed by atoms with Crippen LogP contribution < -0.4 is 0 Å². The fourth-order valence-corrected chi connectivity index (χ4v) is 0.492. The van der Waals surface area contributed by atoms with Gasteiger partial charge in [0.1, 0.15) is 0 Å². The Bertz CT molecular complexity index is 32.0. The van der Waals surface area contributed by atoms with Crippen LogP contribution >= 0.6 is 12.6 Å². The van der Waals surface area contributed by atoms with Gasteiger partial charge in [-0.15, -0.1) is 0 Å². The molecular weight excluding hydrogens is 281 g/mol. The molecule has 42 valence electrons. The average Bonchev–Trinajstić information content (AvgIpc) is 1.35. The molecule has 3 heteroatoms. The predicted octanol–water partition coefficient (Wildman–Crippen LogP) is 0.171. The van der Waals surface area contributed by atoms with Gasteiger partial charge in [-0.05, 0) is 0 Å². The van der Waals surface area contributed by atoms with Crippen LogP contribution in [0.15, 0.2) is 0 Å². The number of hydrogen-bond donors (Lipinski definition) is 2. The molecule has 1 atom stereocenters. The van der Waals surface area contributed by atoms with E-state index < -0.39 is 0 Å². The Labute approximate surface area is 55.5 Å². The Hall–Kier alpha value is 1.05. The van der Waals surface area contributed by atoms with Gasteiger partial charge < -0.3 is 0 Å². The minimum atomic E-state index is 0.241. The number of rotatable bonds is 2. The number of hydrogen-bond acceptors (Lipinski definition) is 2. The fraction of sp³-hybridized carbons (Fsp3) is 1.00. The molecule has 0 heterocycles. The molecule has 0 amide bonds. The third-order valence-electron chi connectivity index (χ3n) is 0.345. The van der Waals surface area contributed by atoms with Crippen LogP contribution in [0.5, 0.6) is 0 Å². The molecule has 1 N–H and O–H groups in total.